The van der Waals surface area contributed by atoms with Crippen LogP contribution in [0.25, 0.3) is 0 Å². The van der Waals surface area contributed by atoms with E-state index in [-0.39, 0.29) is 10.6 Å². The molecule has 0 bridgehead atoms. The van der Waals surface area contributed by atoms with Gasteiger partial charge < -0.3 is 15.4 Å². The zero-order valence-electron chi connectivity index (χ0n) is 11.4. The van der Waals surface area contributed by atoms with Gasteiger partial charge in [0.15, 0.2) is 6.10 Å². The summed E-state index contributed by atoms with van der Waals surface area (Å²) in [5.41, 5.74) is 0.448. The number of anilines is 1. The van der Waals surface area contributed by atoms with E-state index in [0.29, 0.717) is 18.7 Å². The van der Waals surface area contributed by atoms with Crippen LogP contribution in [-0.4, -0.2) is 35.4 Å². The van der Waals surface area contributed by atoms with Gasteiger partial charge in [-0.2, -0.15) is 0 Å². The zero-order chi connectivity index (χ0) is 15.4. The van der Waals surface area contributed by atoms with Gasteiger partial charge in [0.1, 0.15) is 11.9 Å². The maximum Gasteiger partial charge on any atom is 0.323 e. The summed E-state index contributed by atoms with van der Waals surface area (Å²) in [7, 11) is 0. The fourth-order valence-corrected chi connectivity index (χ4v) is 2.52. The molecule has 0 aliphatic carbocycles. The van der Waals surface area contributed by atoms with Crippen LogP contribution < -0.4 is 10.6 Å². The number of carbonyl (C=O) groups is 2. The highest BCUT2D eigenvalue weighted by Gasteiger charge is 2.31. The van der Waals surface area contributed by atoms with Crippen LogP contribution in [0.2, 0.25) is 0 Å². The van der Waals surface area contributed by atoms with Crippen molar-refractivity contribution >= 4 is 33.5 Å². The highest BCUT2D eigenvalue weighted by molar-refractivity contribution is 9.09. The van der Waals surface area contributed by atoms with Crippen molar-refractivity contribution in [1.29, 1.82) is 0 Å². The van der Waals surface area contributed by atoms with E-state index in [1.165, 1.54) is 31.2 Å². The Morgan fingerprint density at radius 1 is 1.43 bits per heavy atom. The lowest BCUT2D eigenvalue weighted by atomic mass is 10.2. The molecule has 0 radical (unpaired) electrons. The lowest BCUT2D eigenvalue weighted by Gasteiger charge is -2.16. The summed E-state index contributed by atoms with van der Waals surface area (Å²) >= 11 is 3.41. The average Bonchev–Trinajstić information content (AvgIpc) is 2.88. The first kappa shape index (κ1) is 15.9. The Balaban J connectivity index is 1.84. The van der Waals surface area contributed by atoms with E-state index in [1.807, 2.05) is 0 Å². The maximum absolute atomic E-state index is 12.8. The van der Waals surface area contributed by atoms with Crippen molar-refractivity contribution in [3.8, 4) is 0 Å². The Labute approximate surface area is 130 Å². The molecule has 3 unspecified atom stereocenters. The van der Waals surface area contributed by atoms with Crippen LogP contribution >= 0.6 is 15.9 Å². The minimum absolute atomic E-state index is 0.235. The van der Waals surface area contributed by atoms with Gasteiger partial charge in [0.25, 0.3) is 5.91 Å². The molecule has 21 heavy (non-hydrogen) atoms. The third-order valence-corrected chi connectivity index (χ3v) is 3.83. The van der Waals surface area contributed by atoms with Crippen LogP contribution in [0, 0.1) is 5.82 Å². The number of rotatable bonds is 4. The summed E-state index contributed by atoms with van der Waals surface area (Å²) in [5.74, 6) is -1.29. The van der Waals surface area contributed by atoms with Crippen molar-refractivity contribution in [2.45, 2.75) is 30.3 Å². The number of carbonyl (C=O) groups excluding carboxylic acids is 2. The summed E-state index contributed by atoms with van der Waals surface area (Å²) in [5, 5.41) is 5.57. The normalized spacial score (nSPS) is 22.6. The Bertz CT molecular complexity index is 523. The number of esters is 1. The fraction of sp³-hybridized carbons (Fsp3) is 0.429. The van der Waals surface area contributed by atoms with E-state index >= 15 is 0 Å². The van der Waals surface area contributed by atoms with Crippen LogP contribution in [0.15, 0.2) is 24.3 Å². The van der Waals surface area contributed by atoms with Gasteiger partial charge in [-0.15, -0.1) is 0 Å². The van der Waals surface area contributed by atoms with Gasteiger partial charge in [0, 0.05) is 17.1 Å². The number of hydrogen-bond acceptors (Lipinski definition) is 4. The second kappa shape index (κ2) is 7.00. The smallest absolute Gasteiger partial charge is 0.323 e. The topological polar surface area (TPSA) is 67.4 Å². The van der Waals surface area contributed by atoms with Crippen molar-refractivity contribution in [1.82, 2.24) is 5.32 Å². The number of alkyl halides is 1. The van der Waals surface area contributed by atoms with Crippen molar-refractivity contribution in [3.63, 3.8) is 0 Å². The molecule has 1 aromatic rings. The summed E-state index contributed by atoms with van der Waals surface area (Å²) in [4.78, 5) is 24.0. The van der Waals surface area contributed by atoms with Crippen molar-refractivity contribution in [2.75, 3.05) is 11.9 Å². The van der Waals surface area contributed by atoms with Gasteiger partial charge in [0.05, 0.1) is 0 Å². The molecule has 2 N–H and O–H groups in total. The van der Waals surface area contributed by atoms with E-state index in [0.717, 1.165) is 0 Å². The van der Waals surface area contributed by atoms with Crippen molar-refractivity contribution in [3.05, 3.63) is 30.1 Å². The van der Waals surface area contributed by atoms with Crippen LogP contribution in [0.4, 0.5) is 10.1 Å². The SMILES string of the molecule is CC(OC(=O)C1CC(Br)CN1)C(=O)Nc1ccc(F)cc1. The number of benzene rings is 1. The van der Waals surface area contributed by atoms with E-state index in [1.54, 1.807) is 0 Å². The highest BCUT2D eigenvalue weighted by Crippen LogP contribution is 2.16. The van der Waals surface area contributed by atoms with E-state index in [9.17, 15) is 14.0 Å². The second-order valence-electron chi connectivity index (χ2n) is 4.87. The standard InChI is InChI=1S/C14H16BrFN2O3/c1-8(21-14(20)12-6-9(15)7-17-12)13(19)18-11-4-2-10(16)3-5-11/h2-5,8-9,12,17H,6-7H2,1H3,(H,18,19). The number of nitrogens with one attached hydrogen (secondary N) is 2. The first-order valence-electron chi connectivity index (χ1n) is 6.60. The van der Waals surface area contributed by atoms with Gasteiger partial charge in [-0.05, 0) is 37.6 Å². The summed E-state index contributed by atoms with van der Waals surface area (Å²) in [6, 6.07) is 4.97. The Morgan fingerprint density at radius 3 is 2.67 bits per heavy atom. The minimum atomic E-state index is -0.918. The summed E-state index contributed by atoms with van der Waals surface area (Å²) in [6.07, 6.45) is -0.288. The molecule has 114 valence electrons. The maximum atomic E-state index is 12.8. The summed E-state index contributed by atoms with van der Waals surface area (Å²) < 4.78 is 17.9. The number of halogens is 2. The molecule has 0 saturated carbocycles. The molecule has 1 heterocycles. The van der Waals surface area contributed by atoms with Crippen LogP contribution in [0.3, 0.4) is 0 Å². The largest absolute Gasteiger partial charge is 0.451 e. The molecular formula is C14H16BrFN2O3. The Morgan fingerprint density at radius 2 is 2.10 bits per heavy atom. The Hall–Kier alpha value is -1.47. The lowest BCUT2D eigenvalue weighted by molar-refractivity contribution is -0.154. The number of hydrogen-bond donors (Lipinski definition) is 2. The molecule has 1 aliphatic rings. The summed E-state index contributed by atoms with van der Waals surface area (Å²) in [6.45, 7) is 2.19. The van der Waals surface area contributed by atoms with Gasteiger partial charge >= 0.3 is 5.97 Å². The molecule has 7 heteroatoms. The van der Waals surface area contributed by atoms with Crippen molar-refractivity contribution in [2.24, 2.45) is 0 Å². The average molecular weight is 359 g/mol. The van der Waals surface area contributed by atoms with Crippen molar-refractivity contribution < 1.29 is 18.7 Å². The molecule has 2 rings (SSSR count). The molecule has 1 fully saturated rings. The molecule has 1 saturated heterocycles. The third kappa shape index (κ3) is 4.50. The van der Waals surface area contributed by atoms with Gasteiger partial charge in [-0.3, -0.25) is 9.59 Å². The predicted molar refractivity (Wildman–Crippen MR) is 79.7 cm³/mol. The molecule has 1 aliphatic heterocycles. The molecule has 3 atom stereocenters. The molecule has 1 aromatic carbocycles. The lowest BCUT2D eigenvalue weighted by Crippen LogP contribution is -2.38. The van der Waals surface area contributed by atoms with E-state index < -0.39 is 24.0 Å². The quantitative estimate of drug-likeness (QED) is 0.636. The zero-order valence-corrected chi connectivity index (χ0v) is 13.0. The van der Waals surface area contributed by atoms with Crippen LogP contribution in [0.5, 0.6) is 0 Å². The molecular weight excluding hydrogens is 343 g/mol. The number of ether oxygens (including phenoxy) is 1. The second-order valence-corrected chi connectivity index (χ2v) is 6.16. The molecule has 5 nitrogen and oxygen atoms in total. The highest BCUT2D eigenvalue weighted by atomic mass is 79.9. The van der Waals surface area contributed by atoms with E-state index in [4.69, 9.17) is 4.74 Å². The first-order chi connectivity index (χ1) is 9.95. The third-order valence-electron chi connectivity index (χ3n) is 3.14. The monoisotopic (exact) mass is 358 g/mol. The fourth-order valence-electron chi connectivity index (χ4n) is 1.96. The van der Waals surface area contributed by atoms with Crippen LogP contribution in [0.1, 0.15) is 13.3 Å². The van der Waals surface area contributed by atoms with Gasteiger partial charge in [-0.1, -0.05) is 15.9 Å². The first-order valence-corrected chi connectivity index (χ1v) is 7.51. The molecule has 1 amide bonds. The number of amides is 1. The molecule has 0 spiro atoms. The molecule has 0 aromatic heterocycles. The minimum Gasteiger partial charge on any atom is -0.451 e. The van der Waals surface area contributed by atoms with Crippen LogP contribution in [-0.2, 0) is 14.3 Å². The van der Waals surface area contributed by atoms with E-state index in [2.05, 4.69) is 26.6 Å². The van der Waals surface area contributed by atoms with Gasteiger partial charge in [0.2, 0.25) is 0 Å². The Kier molecular flexibility index (Phi) is 5.30. The predicted octanol–water partition coefficient (Wildman–Crippen LogP) is 1.82. The van der Waals surface area contributed by atoms with Gasteiger partial charge in [-0.25, -0.2) is 4.39 Å².